The molecule has 0 heterocycles. The number of aryl methyl sites for hydroxylation is 2. The lowest BCUT2D eigenvalue weighted by atomic mass is 10.1. The number of nitrogens with zero attached hydrogens (tertiary/aromatic N) is 1. The second-order valence-electron chi connectivity index (χ2n) is 7.56. The van der Waals surface area contributed by atoms with Crippen LogP contribution in [0.15, 0.2) is 78.4 Å². The fourth-order valence-corrected chi connectivity index (χ4v) is 3.05. The van der Waals surface area contributed by atoms with Crippen LogP contribution in [0.3, 0.4) is 0 Å². The number of ether oxygens (including phenoxy) is 1. The number of nitriles is 1. The highest BCUT2D eigenvalue weighted by molar-refractivity contribution is 6.01. The van der Waals surface area contributed by atoms with Crippen molar-refractivity contribution in [2.75, 3.05) is 11.9 Å². The van der Waals surface area contributed by atoms with E-state index in [1.165, 1.54) is 6.08 Å². The maximum absolute atomic E-state index is 12.3. The van der Waals surface area contributed by atoms with E-state index in [1.807, 2.05) is 68.4 Å². The molecule has 0 radical (unpaired) electrons. The van der Waals surface area contributed by atoms with Gasteiger partial charge in [-0.05, 0) is 60.4 Å². The normalized spacial score (nSPS) is 10.8. The lowest BCUT2D eigenvalue weighted by molar-refractivity contribution is -0.118. The molecule has 0 aliphatic rings. The van der Waals surface area contributed by atoms with Gasteiger partial charge in [0.2, 0.25) is 0 Å². The Hall–Kier alpha value is -4.37. The van der Waals surface area contributed by atoms with E-state index in [4.69, 9.17) is 4.74 Å². The fraction of sp³-hybridized carbons (Fsp3) is 0.148. The number of anilines is 1. The first-order valence-electron chi connectivity index (χ1n) is 10.5. The van der Waals surface area contributed by atoms with Crippen molar-refractivity contribution in [3.05, 3.63) is 101 Å². The summed E-state index contributed by atoms with van der Waals surface area (Å²) in [5.41, 5.74) is 4.43. The monoisotopic (exact) mass is 439 g/mol. The summed E-state index contributed by atoms with van der Waals surface area (Å²) in [4.78, 5) is 24.5. The molecule has 3 rings (SSSR count). The van der Waals surface area contributed by atoms with E-state index < -0.39 is 5.91 Å². The molecule has 0 bridgehead atoms. The van der Waals surface area contributed by atoms with Gasteiger partial charge in [0.1, 0.15) is 17.4 Å². The van der Waals surface area contributed by atoms with Crippen molar-refractivity contribution >= 4 is 23.6 Å². The second kappa shape index (κ2) is 11.3. The van der Waals surface area contributed by atoms with E-state index >= 15 is 0 Å². The predicted molar refractivity (Wildman–Crippen MR) is 128 cm³/mol. The zero-order chi connectivity index (χ0) is 23.6. The molecular formula is C27H25N3O3. The first-order valence-corrected chi connectivity index (χ1v) is 10.5. The van der Waals surface area contributed by atoms with Crippen LogP contribution in [0.25, 0.3) is 6.08 Å². The van der Waals surface area contributed by atoms with Crippen LogP contribution in [0.1, 0.15) is 22.3 Å². The zero-order valence-corrected chi connectivity index (χ0v) is 18.6. The number of amides is 2. The van der Waals surface area contributed by atoms with E-state index in [-0.39, 0.29) is 18.1 Å². The summed E-state index contributed by atoms with van der Waals surface area (Å²) >= 11 is 0. The minimum atomic E-state index is -0.440. The van der Waals surface area contributed by atoms with Crippen LogP contribution in [0.5, 0.6) is 5.75 Å². The number of rotatable bonds is 8. The number of hydrogen-bond acceptors (Lipinski definition) is 4. The van der Waals surface area contributed by atoms with Gasteiger partial charge in [0.05, 0.1) is 0 Å². The summed E-state index contributed by atoms with van der Waals surface area (Å²) in [6.45, 7) is 4.11. The topological polar surface area (TPSA) is 91.2 Å². The lowest BCUT2D eigenvalue weighted by Gasteiger charge is -2.10. The Balaban J connectivity index is 1.54. The molecule has 2 amide bonds. The summed E-state index contributed by atoms with van der Waals surface area (Å²) in [5.74, 6) is -0.186. The molecule has 0 fully saturated rings. The summed E-state index contributed by atoms with van der Waals surface area (Å²) in [6.07, 6.45) is 1.51. The zero-order valence-electron chi connectivity index (χ0n) is 18.6. The lowest BCUT2D eigenvalue weighted by Crippen LogP contribution is -2.23. The largest absolute Gasteiger partial charge is 0.484 e. The van der Waals surface area contributed by atoms with Crippen LogP contribution in [0.4, 0.5) is 5.69 Å². The molecular weight excluding hydrogens is 414 g/mol. The highest BCUT2D eigenvalue weighted by Crippen LogP contribution is 2.17. The van der Waals surface area contributed by atoms with Gasteiger partial charge in [-0.3, -0.25) is 9.59 Å². The predicted octanol–water partition coefficient (Wildman–Crippen LogP) is 4.54. The summed E-state index contributed by atoms with van der Waals surface area (Å²) in [5, 5.41) is 15.0. The molecule has 0 aromatic heterocycles. The Kier molecular flexibility index (Phi) is 7.98. The van der Waals surface area contributed by atoms with Crippen molar-refractivity contribution in [3.8, 4) is 11.8 Å². The Morgan fingerprint density at radius 1 is 1.00 bits per heavy atom. The molecule has 3 aromatic carbocycles. The van der Waals surface area contributed by atoms with E-state index in [0.29, 0.717) is 17.9 Å². The fourth-order valence-electron chi connectivity index (χ4n) is 3.05. The smallest absolute Gasteiger partial charge is 0.262 e. The van der Waals surface area contributed by atoms with Crippen LogP contribution < -0.4 is 15.4 Å². The van der Waals surface area contributed by atoms with E-state index in [9.17, 15) is 14.9 Å². The number of carbonyl (C=O) groups is 2. The SMILES string of the molecule is Cc1ccc(C)c(NC(=O)COc2ccc(/C=C(\C#N)C(=O)NCc3ccccc3)cc2)c1. The highest BCUT2D eigenvalue weighted by Gasteiger charge is 2.09. The van der Waals surface area contributed by atoms with Gasteiger partial charge in [-0.25, -0.2) is 0 Å². The minimum Gasteiger partial charge on any atom is -0.484 e. The maximum atomic E-state index is 12.3. The van der Waals surface area contributed by atoms with Gasteiger partial charge in [0.15, 0.2) is 6.61 Å². The molecule has 0 aliphatic heterocycles. The third kappa shape index (κ3) is 7.08. The van der Waals surface area contributed by atoms with E-state index in [2.05, 4.69) is 10.6 Å². The Morgan fingerprint density at radius 2 is 1.73 bits per heavy atom. The van der Waals surface area contributed by atoms with Gasteiger partial charge in [-0.15, -0.1) is 0 Å². The van der Waals surface area contributed by atoms with Crippen molar-refractivity contribution < 1.29 is 14.3 Å². The second-order valence-corrected chi connectivity index (χ2v) is 7.56. The average molecular weight is 440 g/mol. The number of hydrogen-bond donors (Lipinski definition) is 2. The Morgan fingerprint density at radius 3 is 2.42 bits per heavy atom. The van der Waals surface area contributed by atoms with Crippen LogP contribution in [-0.2, 0) is 16.1 Å². The van der Waals surface area contributed by atoms with Crippen LogP contribution in [-0.4, -0.2) is 18.4 Å². The van der Waals surface area contributed by atoms with E-state index in [1.54, 1.807) is 24.3 Å². The van der Waals surface area contributed by atoms with Crippen molar-refractivity contribution in [2.24, 2.45) is 0 Å². The van der Waals surface area contributed by atoms with Gasteiger partial charge in [0.25, 0.3) is 11.8 Å². The minimum absolute atomic E-state index is 0.00695. The third-order valence-corrected chi connectivity index (χ3v) is 4.89. The first-order chi connectivity index (χ1) is 15.9. The first kappa shape index (κ1) is 23.3. The van der Waals surface area contributed by atoms with E-state index in [0.717, 1.165) is 22.4 Å². The highest BCUT2D eigenvalue weighted by atomic mass is 16.5. The molecule has 6 heteroatoms. The molecule has 33 heavy (non-hydrogen) atoms. The molecule has 0 saturated carbocycles. The van der Waals surface area contributed by atoms with Gasteiger partial charge in [-0.2, -0.15) is 5.26 Å². The van der Waals surface area contributed by atoms with Crippen LogP contribution >= 0.6 is 0 Å². The molecule has 0 unspecified atom stereocenters. The van der Waals surface area contributed by atoms with Crippen molar-refractivity contribution in [1.29, 1.82) is 5.26 Å². The van der Waals surface area contributed by atoms with Gasteiger partial charge in [0, 0.05) is 12.2 Å². The van der Waals surface area contributed by atoms with Crippen LogP contribution in [0.2, 0.25) is 0 Å². The molecule has 166 valence electrons. The molecule has 3 aromatic rings. The molecule has 0 atom stereocenters. The Bertz CT molecular complexity index is 1190. The van der Waals surface area contributed by atoms with Gasteiger partial charge < -0.3 is 15.4 Å². The molecule has 6 nitrogen and oxygen atoms in total. The molecule has 2 N–H and O–H groups in total. The number of nitrogens with one attached hydrogen (secondary N) is 2. The molecule has 0 saturated heterocycles. The van der Waals surface area contributed by atoms with Gasteiger partial charge >= 0.3 is 0 Å². The summed E-state index contributed by atoms with van der Waals surface area (Å²) in [6, 6.07) is 24.1. The average Bonchev–Trinajstić information content (AvgIpc) is 2.83. The number of benzene rings is 3. The van der Waals surface area contributed by atoms with Crippen molar-refractivity contribution in [2.45, 2.75) is 20.4 Å². The maximum Gasteiger partial charge on any atom is 0.262 e. The standard InChI is InChI=1S/C27H25N3O3/c1-19-8-9-20(2)25(14-19)30-26(31)18-33-24-12-10-21(11-13-24)15-23(16-28)27(32)29-17-22-6-4-3-5-7-22/h3-15H,17-18H2,1-2H3,(H,29,32)(H,30,31)/b23-15+. The third-order valence-electron chi connectivity index (χ3n) is 4.89. The van der Waals surface area contributed by atoms with Crippen molar-refractivity contribution in [3.63, 3.8) is 0 Å². The van der Waals surface area contributed by atoms with Gasteiger partial charge in [-0.1, -0.05) is 54.6 Å². The summed E-state index contributed by atoms with van der Waals surface area (Å²) < 4.78 is 5.55. The van der Waals surface area contributed by atoms with Crippen molar-refractivity contribution in [1.82, 2.24) is 5.32 Å². The molecule has 0 spiro atoms. The number of carbonyl (C=O) groups excluding carboxylic acids is 2. The molecule has 0 aliphatic carbocycles. The summed E-state index contributed by atoms with van der Waals surface area (Å²) in [7, 11) is 0. The quantitative estimate of drug-likeness (QED) is 0.398. The Labute approximate surface area is 193 Å². The van der Waals surface area contributed by atoms with Crippen LogP contribution in [0, 0.1) is 25.2 Å².